The normalized spacial score (nSPS) is 13.9. The molecular weight excluding hydrogens is 320 g/mol. The fourth-order valence-corrected chi connectivity index (χ4v) is 3.44. The van der Waals surface area contributed by atoms with Gasteiger partial charge in [0, 0.05) is 15.7 Å². The lowest BCUT2D eigenvalue weighted by molar-refractivity contribution is 0.461. The highest BCUT2D eigenvalue weighted by Gasteiger charge is 2.12. The van der Waals surface area contributed by atoms with Crippen LogP contribution < -0.4 is 0 Å². The third kappa shape index (κ3) is 3.67. The summed E-state index contributed by atoms with van der Waals surface area (Å²) in [6.07, 6.45) is 0. The number of halogens is 1. The van der Waals surface area contributed by atoms with Gasteiger partial charge < -0.3 is 9.66 Å². The van der Waals surface area contributed by atoms with Crippen LogP contribution in [0.1, 0.15) is 5.56 Å². The van der Waals surface area contributed by atoms with Crippen molar-refractivity contribution in [2.75, 3.05) is 0 Å². The zero-order valence-electron chi connectivity index (χ0n) is 10.1. The minimum absolute atomic E-state index is 0.0880. The van der Waals surface area contributed by atoms with Gasteiger partial charge in [0.25, 0.3) is 0 Å². The summed E-state index contributed by atoms with van der Waals surface area (Å²) in [6.45, 7) is 0. The first kappa shape index (κ1) is 15.2. The van der Waals surface area contributed by atoms with Crippen molar-refractivity contribution in [1.82, 2.24) is 0 Å². The lowest BCUT2D eigenvalue weighted by Gasteiger charge is -2.08. The molecular formula is C13H10ClO4S2-. The van der Waals surface area contributed by atoms with Gasteiger partial charge in [0.2, 0.25) is 0 Å². The van der Waals surface area contributed by atoms with E-state index in [0.29, 0.717) is 15.5 Å². The highest BCUT2D eigenvalue weighted by atomic mass is 35.5. The van der Waals surface area contributed by atoms with E-state index in [0.717, 1.165) is 0 Å². The lowest BCUT2D eigenvalue weighted by atomic mass is 10.2. The van der Waals surface area contributed by atoms with Crippen LogP contribution in [0.25, 0.3) is 0 Å². The van der Waals surface area contributed by atoms with Crippen LogP contribution in [0.2, 0.25) is 5.02 Å². The second-order valence-corrected chi connectivity index (χ2v) is 6.75. The Morgan fingerprint density at radius 1 is 1.10 bits per heavy atom. The van der Waals surface area contributed by atoms with Gasteiger partial charge >= 0.3 is 0 Å². The number of phenols is 1. The Kier molecular flexibility index (Phi) is 4.93. The Bertz CT molecular complexity index is 671. The molecule has 0 fully saturated rings. The van der Waals surface area contributed by atoms with E-state index >= 15 is 0 Å². The van der Waals surface area contributed by atoms with Crippen LogP contribution in [-0.4, -0.2) is 18.1 Å². The minimum atomic E-state index is -2.16. The first-order chi connectivity index (χ1) is 9.47. The van der Waals surface area contributed by atoms with Crippen LogP contribution in [0.4, 0.5) is 0 Å². The third-order valence-electron chi connectivity index (χ3n) is 2.54. The molecule has 0 aliphatic carbocycles. The SMILES string of the molecule is O=S([O-])Cc1ccc(S(=O)c2cc(Cl)ccc2O)cc1. The van der Waals surface area contributed by atoms with E-state index in [2.05, 4.69) is 0 Å². The number of phenolic OH excluding ortho intramolecular Hbond substituents is 1. The Hall–Kier alpha value is -1.21. The molecule has 2 atom stereocenters. The number of hydrogen-bond donors (Lipinski definition) is 1. The molecule has 0 bridgehead atoms. The molecule has 0 aromatic heterocycles. The van der Waals surface area contributed by atoms with Crippen molar-refractivity contribution in [3.05, 3.63) is 53.1 Å². The van der Waals surface area contributed by atoms with Crippen molar-refractivity contribution in [2.45, 2.75) is 15.5 Å². The monoisotopic (exact) mass is 329 g/mol. The summed E-state index contributed by atoms with van der Waals surface area (Å²) in [5, 5.41) is 10.1. The Balaban J connectivity index is 2.29. The summed E-state index contributed by atoms with van der Waals surface area (Å²) < 4.78 is 33.5. The fraction of sp³-hybridized carbons (Fsp3) is 0.0769. The van der Waals surface area contributed by atoms with Gasteiger partial charge in [-0.2, -0.15) is 0 Å². The van der Waals surface area contributed by atoms with Crippen molar-refractivity contribution in [1.29, 1.82) is 0 Å². The smallest absolute Gasteiger partial charge is 0.132 e. The highest BCUT2D eigenvalue weighted by molar-refractivity contribution is 7.85. The fourth-order valence-electron chi connectivity index (χ4n) is 1.61. The standard InChI is InChI=1S/C13H11ClO4S2/c14-10-3-6-12(15)13(7-10)20(18)11-4-1-9(2-5-11)8-19(16)17/h1-7,15H,8H2,(H,16,17)/p-1. The molecule has 4 nitrogen and oxygen atoms in total. The molecule has 0 heterocycles. The summed E-state index contributed by atoms with van der Waals surface area (Å²) in [6, 6.07) is 10.6. The third-order valence-corrected chi connectivity index (χ3v) is 4.77. The molecule has 106 valence electrons. The molecule has 2 unspecified atom stereocenters. The maximum Gasteiger partial charge on any atom is 0.132 e. The molecule has 0 amide bonds. The molecule has 0 saturated heterocycles. The predicted octanol–water partition coefficient (Wildman–Crippen LogP) is 2.59. The molecule has 0 aliphatic heterocycles. The molecule has 20 heavy (non-hydrogen) atoms. The van der Waals surface area contributed by atoms with Crippen molar-refractivity contribution in [2.24, 2.45) is 0 Å². The first-order valence-electron chi connectivity index (χ1n) is 5.52. The number of benzene rings is 2. The Labute approximate surface area is 126 Å². The molecule has 1 N–H and O–H groups in total. The van der Waals surface area contributed by atoms with E-state index in [4.69, 9.17) is 11.6 Å². The molecule has 0 radical (unpaired) electrons. The Morgan fingerprint density at radius 3 is 2.35 bits per heavy atom. The molecule has 0 aliphatic rings. The van der Waals surface area contributed by atoms with Crippen LogP contribution in [-0.2, 0) is 27.6 Å². The zero-order valence-corrected chi connectivity index (χ0v) is 12.5. The van der Waals surface area contributed by atoms with Gasteiger partial charge in [0.05, 0.1) is 15.7 Å². The van der Waals surface area contributed by atoms with Gasteiger partial charge in [0.15, 0.2) is 0 Å². The summed E-state index contributed by atoms with van der Waals surface area (Å²) in [4.78, 5) is 0.681. The molecule has 2 rings (SSSR count). The molecule has 2 aromatic rings. The number of aromatic hydroxyl groups is 1. The van der Waals surface area contributed by atoms with Crippen LogP contribution in [0.3, 0.4) is 0 Å². The van der Waals surface area contributed by atoms with Crippen molar-refractivity contribution < 1.29 is 18.1 Å². The van der Waals surface area contributed by atoms with Crippen molar-refractivity contribution in [3.8, 4) is 5.75 Å². The second kappa shape index (κ2) is 6.49. The van der Waals surface area contributed by atoms with E-state index in [9.17, 15) is 18.1 Å². The topological polar surface area (TPSA) is 77.4 Å². The number of rotatable bonds is 4. The maximum absolute atomic E-state index is 12.3. The average molecular weight is 330 g/mol. The predicted molar refractivity (Wildman–Crippen MR) is 76.9 cm³/mol. The van der Waals surface area contributed by atoms with E-state index in [1.165, 1.54) is 18.2 Å². The maximum atomic E-state index is 12.3. The van der Waals surface area contributed by atoms with E-state index < -0.39 is 21.9 Å². The highest BCUT2D eigenvalue weighted by Crippen LogP contribution is 2.28. The molecule has 0 spiro atoms. The average Bonchev–Trinajstić information content (AvgIpc) is 2.41. The summed E-state index contributed by atoms with van der Waals surface area (Å²) in [5.74, 6) is -0.188. The molecule has 2 aromatic carbocycles. The van der Waals surface area contributed by atoms with Crippen LogP contribution in [0, 0.1) is 0 Å². The quantitative estimate of drug-likeness (QED) is 0.875. The van der Waals surface area contributed by atoms with Gasteiger partial charge in [-0.15, -0.1) is 0 Å². The van der Waals surface area contributed by atoms with Gasteiger partial charge in [0.1, 0.15) is 5.75 Å². The molecule has 0 saturated carbocycles. The van der Waals surface area contributed by atoms with Gasteiger partial charge in [-0.1, -0.05) is 34.8 Å². The van der Waals surface area contributed by atoms with Crippen LogP contribution in [0.5, 0.6) is 5.75 Å². The minimum Gasteiger partial charge on any atom is -0.772 e. The molecule has 7 heteroatoms. The van der Waals surface area contributed by atoms with E-state index in [1.807, 2.05) is 0 Å². The lowest BCUT2D eigenvalue weighted by Crippen LogP contribution is -1.96. The zero-order chi connectivity index (χ0) is 14.7. The van der Waals surface area contributed by atoms with Crippen LogP contribution >= 0.6 is 11.6 Å². The van der Waals surface area contributed by atoms with Gasteiger partial charge in [-0.3, -0.25) is 4.21 Å². The summed E-state index contributed by atoms with van der Waals surface area (Å²) in [5.41, 5.74) is 0.606. The van der Waals surface area contributed by atoms with E-state index in [1.54, 1.807) is 24.3 Å². The van der Waals surface area contributed by atoms with E-state index in [-0.39, 0.29) is 16.4 Å². The van der Waals surface area contributed by atoms with Crippen molar-refractivity contribution in [3.63, 3.8) is 0 Å². The second-order valence-electron chi connectivity index (χ2n) is 3.97. The Morgan fingerprint density at radius 2 is 1.75 bits per heavy atom. The van der Waals surface area contributed by atoms with Crippen LogP contribution in [0.15, 0.2) is 52.3 Å². The summed E-state index contributed by atoms with van der Waals surface area (Å²) in [7, 11) is -1.58. The number of hydrogen-bond acceptors (Lipinski definition) is 4. The first-order valence-corrected chi connectivity index (χ1v) is 8.29. The van der Waals surface area contributed by atoms with Crippen molar-refractivity contribution >= 4 is 33.5 Å². The largest absolute Gasteiger partial charge is 0.772 e. The summed E-state index contributed by atoms with van der Waals surface area (Å²) >= 11 is 3.66. The van der Waals surface area contributed by atoms with Gasteiger partial charge in [-0.25, -0.2) is 4.21 Å². The van der Waals surface area contributed by atoms with Gasteiger partial charge in [-0.05, 0) is 35.9 Å².